The monoisotopic (exact) mass is 343 g/mol. The SMILES string of the molecule is CC(C)NCc1ccnn1Cc1c(F)ccc(Br)c1F. The summed E-state index contributed by atoms with van der Waals surface area (Å²) in [5, 5.41) is 7.39. The smallest absolute Gasteiger partial charge is 0.145 e. The van der Waals surface area contributed by atoms with Crippen molar-refractivity contribution in [1.29, 1.82) is 0 Å². The van der Waals surface area contributed by atoms with Crippen molar-refractivity contribution in [2.75, 3.05) is 0 Å². The lowest BCUT2D eigenvalue weighted by molar-refractivity contribution is 0.509. The van der Waals surface area contributed by atoms with E-state index in [-0.39, 0.29) is 16.6 Å². The number of nitrogens with one attached hydrogen (secondary N) is 1. The Labute approximate surface area is 125 Å². The summed E-state index contributed by atoms with van der Waals surface area (Å²) in [6.45, 7) is 4.75. The predicted molar refractivity (Wildman–Crippen MR) is 77.4 cm³/mol. The molecular formula is C14H16BrF2N3. The van der Waals surface area contributed by atoms with Gasteiger partial charge in [0.25, 0.3) is 0 Å². The third-order valence-electron chi connectivity index (χ3n) is 2.94. The zero-order chi connectivity index (χ0) is 14.7. The van der Waals surface area contributed by atoms with Crippen molar-refractivity contribution >= 4 is 15.9 Å². The lowest BCUT2D eigenvalue weighted by Gasteiger charge is -2.12. The first-order valence-corrected chi connectivity index (χ1v) is 7.14. The predicted octanol–water partition coefficient (Wildman–Crippen LogP) is 3.47. The van der Waals surface area contributed by atoms with Crippen molar-refractivity contribution in [2.24, 2.45) is 0 Å². The van der Waals surface area contributed by atoms with E-state index >= 15 is 0 Å². The van der Waals surface area contributed by atoms with Crippen LogP contribution in [-0.2, 0) is 13.1 Å². The topological polar surface area (TPSA) is 29.9 Å². The number of nitrogens with zero attached hydrogens (tertiary/aromatic N) is 2. The number of benzene rings is 1. The molecule has 2 rings (SSSR count). The summed E-state index contributed by atoms with van der Waals surface area (Å²) in [5.41, 5.74) is 0.895. The van der Waals surface area contributed by atoms with Gasteiger partial charge in [0.15, 0.2) is 0 Å². The average molecular weight is 344 g/mol. The van der Waals surface area contributed by atoms with Gasteiger partial charge in [0.2, 0.25) is 0 Å². The van der Waals surface area contributed by atoms with Crippen LogP contribution in [-0.4, -0.2) is 15.8 Å². The molecule has 0 aliphatic carbocycles. The van der Waals surface area contributed by atoms with Crippen LogP contribution in [0, 0.1) is 11.6 Å². The largest absolute Gasteiger partial charge is 0.309 e. The van der Waals surface area contributed by atoms with Crippen LogP contribution in [0.3, 0.4) is 0 Å². The van der Waals surface area contributed by atoms with Crippen LogP contribution in [0.25, 0.3) is 0 Å². The molecule has 1 N–H and O–H groups in total. The number of halogens is 3. The van der Waals surface area contributed by atoms with Crippen molar-refractivity contribution < 1.29 is 8.78 Å². The van der Waals surface area contributed by atoms with Crippen LogP contribution in [0.4, 0.5) is 8.78 Å². The standard InChI is InChI=1S/C14H16BrF2N3/c1-9(2)18-7-10-5-6-19-20(10)8-11-13(16)4-3-12(15)14(11)17/h3-6,9,18H,7-8H2,1-2H3. The summed E-state index contributed by atoms with van der Waals surface area (Å²) in [7, 11) is 0. The summed E-state index contributed by atoms with van der Waals surface area (Å²) < 4.78 is 29.6. The fourth-order valence-electron chi connectivity index (χ4n) is 1.83. The molecule has 0 saturated carbocycles. The van der Waals surface area contributed by atoms with Gasteiger partial charge >= 0.3 is 0 Å². The fourth-order valence-corrected chi connectivity index (χ4v) is 2.20. The molecule has 108 valence electrons. The van der Waals surface area contributed by atoms with Crippen LogP contribution in [0.15, 0.2) is 28.9 Å². The Bertz CT molecular complexity index is 596. The van der Waals surface area contributed by atoms with E-state index in [0.29, 0.717) is 12.6 Å². The zero-order valence-corrected chi connectivity index (χ0v) is 12.9. The number of aromatic nitrogens is 2. The number of rotatable bonds is 5. The molecular weight excluding hydrogens is 328 g/mol. The molecule has 1 aromatic carbocycles. The minimum absolute atomic E-state index is 0.00821. The van der Waals surface area contributed by atoms with Gasteiger partial charge in [-0.1, -0.05) is 13.8 Å². The minimum Gasteiger partial charge on any atom is -0.309 e. The Morgan fingerprint density at radius 3 is 2.75 bits per heavy atom. The maximum atomic E-state index is 14.0. The highest BCUT2D eigenvalue weighted by molar-refractivity contribution is 9.10. The van der Waals surface area contributed by atoms with Crippen LogP contribution >= 0.6 is 15.9 Å². The minimum atomic E-state index is -0.580. The molecule has 1 heterocycles. The summed E-state index contributed by atoms with van der Waals surface area (Å²) in [6, 6.07) is 4.78. The summed E-state index contributed by atoms with van der Waals surface area (Å²) in [6.07, 6.45) is 1.63. The third-order valence-corrected chi connectivity index (χ3v) is 3.56. The molecule has 6 heteroatoms. The first-order chi connectivity index (χ1) is 9.49. The quantitative estimate of drug-likeness (QED) is 0.842. The normalized spacial score (nSPS) is 11.3. The second kappa shape index (κ2) is 6.45. The Balaban J connectivity index is 2.23. The molecule has 0 amide bonds. The molecule has 0 aliphatic rings. The van der Waals surface area contributed by atoms with Crippen molar-refractivity contribution in [3.05, 3.63) is 51.8 Å². The van der Waals surface area contributed by atoms with Crippen LogP contribution < -0.4 is 5.32 Å². The first-order valence-electron chi connectivity index (χ1n) is 6.35. The number of hydrogen-bond donors (Lipinski definition) is 1. The highest BCUT2D eigenvalue weighted by Gasteiger charge is 2.14. The third kappa shape index (κ3) is 3.43. The molecule has 0 bridgehead atoms. The van der Waals surface area contributed by atoms with Gasteiger partial charge in [-0.05, 0) is 34.1 Å². The van der Waals surface area contributed by atoms with Gasteiger partial charge in [0, 0.05) is 24.3 Å². The van der Waals surface area contributed by atoms with E-state index in [1.807, 2.05) is 19.9 Å². The van der Waals surface area contributed by atoms with Gasteiger partial charge in [-0.15, -0.1) is 0 Å². The summed E-state index contributed by atoms with van der Waals surface area (Å²) in [4.78, 5) is 0. The first kappa shape index (κ1) is 15.1. The van der Waals surface area contributed by atoms with Crippen molar-refractivity contribution in [1.82, 2.24) is 15.1 Å². The Kier molecular flexibility index (Phi) is 4.88. The van der Waals surface area contributed by atoms with E-state index in [2.05, 4.69) is 26.3 Å². The lowest BCUT2D eigenvalue weighted by atomic mass is 10.2. The second-order valence-corrected chi connectivity index (χ2v) is 5.69. The van der Waals surface area contributed by atoms with Gasteiger partial charge in [0.1, 0.15) is 11.6 Å². The van der Waals surface area contributed by atoms with Crippen LogP contribution in [0.5, 0.6) is 0 Å². The van der Waals surface area contributed by atoms with Gasteiger partial charge in [-0.2, -0.15) is 5.10 Å². The molecule has 3 nitrogen and oxygen atoms in total. The van der Waals surface area contributed by atoms with Gasteiger partial charge < -0.3 is 5.32 Å². The Morgan fingerprint density at radius 1 is 1.30 bits per heavy atom. The number of hydrogen-bond acceptors (Lipinski definition) is 2. The molecule has 0 atom stereocenters. The molecule has 1 aromatic heterocycles. The zero-order valence-electron chi connectivity index (χ0n) is 11.3. The second-order valence-electron chi connectivity index (χ2n) is 4.84. The summed E-state index contributed by atoms with van der Waals surface area (Å²) in [5.74, 6) is -1.15. The van der Waals surface area contributed by atoms with E-state index in [0.717, 1.165) is 5.69 Å². The molecule has 0 unspecified atom stereocenters. The maximum Gasteiger partial charge on any atom is 0.145 e. The highest BCUT2D eigenvalue weighted by atomic mass is 79.9. The highest BCUT2D eigenvalue weighted by Crippen LogP contribution is 2.22. The van der Waals surface area contributed by atoms with Crippen LogP contribution in [0.2, 0.25) is 0 Å². The molecule has 0 fully saturated rings. The molecule has 0 spiro atoms. The molecule has 2 aromatic rings. The molecule has 0 aliphatic heterocycles. The fraction of sp³-hybridized carbons (Fsp3) is 0.357. The average Bonchev–Trinajstić information content (AvgIpc) is 2.84. The molecule has 20 heavy (non-hydrogen) atoms. The van der Waals surface area contributed by atoms with Crippen LogP contribution in [0.1, 0.15) is 25.1 Å². The van der Waals surface area contributed by atoms with E-state index in [4.69, 9.17) is 0 Å². The Morgan fingerprint density at radius 2 is 2.05 bits per heavy atom. The van der Waals surface area contributed by atoms with Crippen molar-refractivity contribution in [2.45, 2.75) is 33.0 Å². The van der Waals surface area contributed by atoms with Gasteiger partial charge in [-0.3, -0.25) is 4.68 Å². The van der Waals surface area contributed by atoms with E-state index in [1.165, 1.54) is 12.1 Å². The molecule has 0 radical (unpaired) electrons. The Hall–Kier alpha value is -1.27. The van der Waals surface area contributed by atoms with E-state index < -0.39 is 11.6 Å². The van der Waals surface area contributed by atoms with Gasteiger partial charge in [-0.25, -0.2) is 8.78 Å². The maximum absolute atomic E-state index is 14.0. The van der Waals surface area contributed by atoms with Gasteiger partial charge in [0.05, 0.1) is 16.7 Å². The van der Waals surface area contributed by atoms with E-state index in [9.17, 15) is 8.78 Å². The lowest BCUT2D eigenvalue weighted by Crippen LogP contribution is -2.24. The summed E-state index contributed by atoms with van der Waals surface area (Å²) >= 11 is 3.07. The van der Waals surface area contributed by atoms with E-state index in [1.54, 1.807) is 10.9 Å². The van der Waals surface area contributed by atoms with Crippen molar-refractivity contribution in [3.8, 4) is 0 Å². The molecule has 0 saturated heterocycles. The van der Waals surface area contributed by atoms with Crippen molar-refractivity contribution in [3.63, 3.8) is 0 Å².